The predicted molar refractivity (Wildman–Crippen MR) is 113 cm³/mol. The van der Waals surface area contributed by atoms with E-state index < -0.39 is 5.97 Å². The SMILES string of the molecule is COC(=O)c1ccc(-n2c(C)cc(C(=O)CN3C(=O)[C@H]4CCCC[C@H]4C3=O)c2C)cc1. The number of imide groups is 1. The summed E-state index contributed by atoms with van der Waals surface area (Å²) in [5, 5.41) is 0. The number of hydrogen-bond donors (Lipinski definition) is 0. The van der Waals surface area contributed by atoms with Crippen LogP contribution < -0.4 is 0 Å². The Hall–Kier alpha value is -3.22. The fraction of sp³-hybridized carbons (Fsp3) is 0.417. The third-order valence-electron chi connectivity index (χ3n) is 6.51. The number of amides is 2. The molecule has 0 bridgehead atoms. The summed E-state index contributed by atoms with van der Waals surface area (Å²) in [5.41, 5.74) is 3.31. The van der Waals surface area contributed by atoms with Gasteiger partial charge in [-0.1, -0.05) is 12.8 Å². The number of aromatic nitrogens is 1. The third kappa shape index (κ3) is 3.58. The number of hydrogen-bond acceptors (Lipinski definition) is 5. The van der Waals surface area contributed by atoms with Gasteiger partial charge in [0.15, 0.2) is 5.78 Å². The first-order chi connectivity index (χ1) is 14.8. The summed E-state index contributed by atoms with van der Waals surface area (Å²) < 4.78 is 6.65. The molecule has 7 nitrogen and oxygen atoms in total. The van der Waals surface area contributed by atoms with Gasteiger partial charge in [0.05, 0.1) is 31.1 Å². The molecule has 2 amide bonds. The lowest BCUT2D eigenvalue weighted by molar-refractivity contribution is -0.139. The van der Waals surface area contributed by atoms with E-state index in [9.17, 15) is 19.2 Å². The molecule has 0 spiro atoms. The molecule has 1 aliphatic carbocycles. The van der Waals surface area contributed by atoms with E-state index in [4.69, 9.17) is 4.74 Å². The fourth-order valence-electron chi connectivity index (χ4n) is 4.92. The average Bonchev–Trinajstić information content (AvgIpc) is 3.21. The first-order valence-corrected chi connectivity index (χ1v) is 10.6. The van der Waals surface area contributed by atoms with E-state index in [2.05, 4.69) is 0 Å². The second kappa shape index (κ2) is 8.13. The second-order valence-corrected chi connectivity index (χ2v) is 8.34. The largest absolute Gasteiger partial charge is 0.465 e. The maximum Gasteiger partial charge on any atom is 0.337 e. The molecule has 2 fully saturated rings. The zero-order chi connectivity index (χ0) is 22.3. The monoisotopic (exact) mass is 422 g/mol. The Morgan fingerprint density at radius 3 is 2.13 bits per heavy atom. The highest BCUT2D eigenvalue weighted by Crippen LogP contribution is 2.38. The minimum atomic E-state index is -0.413. The van der Waals surface area contributed by atoms with Crippen LogP contribution in [0, 0.1) is 25.7 Å². The number of ketones is 1. The molecule has 2 aliphatic rings. The van der Waals surface area contributed by atoms with E-state index in [1.807, 2.05) is 18.4 Å². The number of rotatable bonds is 5. The molecule has 2 heterocycles. The minimum Gasteiger partial charge on any atom is -0.465 e. The highest BCUT2D eigenvalue weighted by atomic mass is 16.5. The van der Waals surface area contributed by atoms with Gasteiger partial charge in [-0.3, -0.25) is 19.3 Å². The summed E-state index contributed by atoms with van der Waals surface area (Å²) in [4.78, 5) is 51.3. The van der Waals surface area contributed by atoms with Crippen molar-refractivity contribution in [1.29, 1.82) is 0 Å². The lowest BCUT2D eigenvalue weighted by Gasteiger charge is -2.19. The van der Waals surface area contributed by atoms with Gasteiger partial charge in [-0.05, 0) is 57.0 Å². The van der Waals surface area contributed by atoms with Crippen LogP contribution >= 0.6 is 0 Å². The van der Waals surface area contributed by atoms with Gasteiger partial charge in [0.2, 0.25) is 11.8 Å². The van der Waals surface area contributed by atoms with Crippen LogP contribution in [-0.4, -0.2) is 46.7 Å². The summed E-state index contributed by atoms with van der Waals surface area (Å²) in [5.74, 6) is -1.56. The topological polar surface area (TPSA) is 85.7 Å². The van der Waals surface area contributed by atoms with Crippen LogP contribution in [-0.2, 0) is 14.3 Å². The number of esters is 1. The average molecular weight is 422 g/mol. The Labute approximate surface area is 181 Å². The Morgan fingerprint density at radius 2 is 1.58 bits per heavy atom. The predicted octanol–water partition coefficient (Wildman–Crippen LogP) is 3.24. The molecular weight excluding hydrogens is 396 g/mol. The van der Waals surface area contributed by atoms with E-state index in [1.54, 1.807) is 30.3 Å². The van der Waals surface area contributed by atoms with Crippen LogP contribution in [0.3, 0.4) is 0 Å². The quantitative estimate of drug-likeness (QED) is 0.420. The maximum atomic E-state index is 13.1. The second-order valence-electron chi connectivity index (χ2n) is 8.34. The molecule has 4 rings (SSSR count). The number of fused-ring (bicyclic) bond motifs is 1. The number of likely N-dealkylation sites (tertiary alicyclic amines) is 1. The number of methoxy groups -OCH3 is 1. The first-order valence-electron chi connectivity index (χ1n) is 10.6. The third-order valence-corrected chi connectivity index (χ3v) is 6.51. The van der Waals surface area contributed by atoms with Crippen molar-refractivity contribution in [3.05, 3.63) is 52.8 Å². The van der Waals surface area contributed by atoms with Crippen molar-refractivity contribution in [2.45, 2.75) is 39.5 Å². The number of Topliss-reactive ketones (excluding diaryl/α,β-unsaturated/α-hetero) is 1. The number of ether oxygens (including phenoxy) is 1. The lowest BCUT2D eigenvalue weighted by atomic mass is 9.81. The standard InChI is InChI=1S/C24H26N2O5/c1-14-12-20(15(2)26(14)17-10-8-16(9-11-17)24(30)31-3)21(27)13-25-22(28)18-6-4-5-7-19(18)23(25)29/h8-12,18-19H,4-7,13H2,1-3H3/t18-,19+. The molecule has 1 saturated heterocycles. The van der Waals surface area contributed by atoms with E-state index in [1.165, 1.54) is 12.0 Å². The van der Waals surface area contributed by atoms with Gasteiger partial charge in [0.1, 0.15) is 0 Å². The molecule has 0 N–H and O–H groups in total. The highest BCUT2D eigenvalue weighted by molar-refractivity contribution is 6.10. The van der Waals surface area contributed by atoms with E-state index in [0.29, 0.717) is 11.1 Å². The van der Waals surface area contributed by atoms with Crippen LogP contribution in [0.4, 0.5) is 0 Å². The van der Waals surface area contributed by atoms with Crippen LogP contribution in [0.2, 0.25) is 0 Å². The van der Waals surface area contributed by atoms with Gasteiger partial charge in [-0.25, -0.2) is 4.79 Å². The first kappa shape index (κ1) is 21.0. The zero-order valence-corrected chi connectivity index (χ0v) is 18.0. The van der Waals surface area contributed by atoms with Crippen molar-refractivity contribution in [2.24, 2.45) is 11.8 Å². The van der Waals surface area contributed by atoms with E-state index in [-0.39, 0.29) is 36.0 Å². The molecule has 162 valence electrons. The van der Waals surface area contributed by atoms with Crippen LogP contribution in [0.25, 0.3) is 5.69 Å². The van der Waals surface area contributed by atoms with Crippen molar-refractivity contribution >= 4 is 23.6 Å². The zero-order valence-electron chi connectivity index (χ0n) is 18.0. The summed E-state index contributed by atoms with van der Waals surface area (Å²) in [6, 6.07) is 8.71. The van der Waals surface area contributed by atoms with Gasteiger partial charge in [0.25, 0.3) is 0 Å². The summed E-state index contributed by atoms with van der Waals surface area (Å²) in [6.45, 7) is 3.51. The molecule has 2 aromatic rings. The van der Waals surface area contributed by atoms with Crippen molar-refractivity contribution in [3.8, 4) is 5.69 Å². The fourth-order valence-corrected chi connectivity index (χ4v) is 4.92. The molecule has 7 heteroatoms. The molecule has 31 heavy (non-hydrogen) atoms. The van der Waals surface area contributed by atoms with Crippen molar-refractivity contribution < 1.29 is 23.9 Å². The number of carbonyl (C=O) groups excluding carboxylic acids is 4. The Balaban J connectivity index is 1.57. The highest BCUT2D eigenvalue weighted by Gasteiger charge is 2.48. The van der Waals surface area contributed by atoms with Crippen LogP contribution in [0.15, 0.2) is 30.3 Å². The smallest absolute Gasteiger partial charge is 0.337 e. The number of aryl methyl sites for hydroxylation is 1. The number of nitrogens with zero attached hydrogens (tertiary/aromatic N) is 2. The summed E-state index contributed by atoms with van der Waals surface area (Å²) in [6.07, 6.45) is 3.38. The van der Waals surface area contributed by atoms with E-state index in [0.717, 1.165) is 42.8 Å². The lowest BCUT2D eigenvalue weighted by Crippen LogP contribution is -2.36. The van der Waals surface area contributed by atoms with Gasteiger partial charge in [-0.15, -0.1) is 0 Å². The molecule has 1 aromatic heterocycles. The maximum absolute atomic E-state index is 13.1. The van der Waals surface area contributed by atoms with Crippen molar-refractivity contribution in [3.63, 3.8) is 0 Å². The van der Waals surface area contributed by atoms with Crippen LogP contribution in [0.5, 0.6) is 0 Å². The number of benzene rings is 1. The summed E-state index contributed by atoms with van der Waals surface area (Å²) in [7, 11) is 1.33. The summed E-state index contributed by atoms with van der Waals surface area (Å²) >= 11 is 0. The van der Waals surface area contributed by atoms with Gasteiger partial charge in [-0.2, -0.15) is 0 Å². The van der Waals surface area contributed by atoms with Gasteiger partial charge in [0, 0.05) is 22.6 Å². The number of carbonyl (C=O) groups is 4. The molecular formula is C24H26N2O5. The normalized spacial score (nSPS) is 20.7. The Bertz CT molecular complexity index is 1040. The van der Waals surface area contributed by atoms with Crippen molar-refractivity contribution in [2.75, 3.05) is 13.7 Å². The molecule has 1 aromatic carbocycles. The molecule has 0 radical (unpaired) electrons. The molecule has 1 aliphatic heterocycles. The minimum absolute atomic E-state index is 0.199. The Morgan fingerprint density at radius 1 is 1.00 bits per heavy atom. The molecule has 2 atom stereocenters. The van der Waals surface area contributed by atoms with Crippen LogP contribution in [0.1, 0.15) is 57.8 Å². The van der Waals surface area contributed by atoms with Gasteiger partial charge < -0.3 is 9.30 Å². The van der Waals surface area contributed by atoms with Crippen molar-refractivity contribution in [1.82, 2.24) is 9.47 Å². The molecule has 1 saturated carbocycles. The van der Waals surface area contributed by atoms with E-state index >= 15 is 0 Å². The van der Waals surface area contributed by atoms with Gasteiger partial charge >= 0.3 is 5.97 Å². The Kier molecular flexibility index (Phi) is 5.52. The molecule has 0 unspecified atom stereocenters.